The number of hydrogen-bond donors (Lipinski definition) is 3. The Morgan fingerprint density at radius 1 is 0.882 bits per heavy atom. The summed E-state index contributed by atoms with van der Waals surface area (Å²) in [6.45, 7) is 6.12. The Bertz CT molecular complexity index is 1300. The highest BCUT2D eigenvalue weighted by atomic mass is 32.2. The summed E-state index contributed by atoms with van der Waals surface area (Å²) in [7, 11) is -3.92. The zero-order valence-electron chi connectivity index (χ0n) is 19.5. The molecule has 0 aliphatic rings. The van der Waals surface area contributed by atoms with Crippen molar-refractivity contribution in [3.8, 4) is 0 Å². The summed E-state index contributed by atoms with van der Waals surface area (Å²) >= 11 is 0. The lowest BCUT2D eigenvalue weighted by molar-refractivity contribution is 0.0954. The molecule has 3 aromatic rings. The second kappa shape index (κ2) is 11.0. The van der Waals surface area contributed by atoms with Crippen LogP contribution in [0.15, 0.2) is 71.6 Å². The predicted molar refractivity (Wildman–Crippen MR) is 135 cm³/mol. The summed E-state index contributed by atoms with van der Waals surface area (Å²) < 4.78 is 28.6. The maximum absolute atomic E-state index is 13.0. The number of nitrogens with one attached hydrogen (secondary N) is 3. The number of carbonyl (C=O) groups excluding carboxylic acids is 2. The van der Waals surface area contributed by atoms with E-state index in [1.54, 1.807) is 61.5 Å². The fourth-order valence-corrected chi connectivity index (χ4v) is 4.73. The van der Waals surface area contributed by atoms with Gasteiger partial charge in [-0.2, -0.15) is 0 Å². The van der Waals surface area contributed by atoms with Gasteiger partial charge in [0.1, 0.15) is 0 Å². The monoisotopic (exact) mass is 479 g/mol. The molecule has 3 N–H and O–H groups in total. The van der Waals surface area contributed by atoms with E-state index in [1.807, 2.05) is 19.9 Å². The summed E-state index contributed by atoms with van der Waals surface area (Å²) in [5.74, 6) is -0.792. The van der Waals surface area contributed by atoms with Crippen molar-refractivity contribution in [2.45, 2.75) is 38.5 Å². The third kappa shape index (κ3) is 6.23. The van der Waals surface area contributed by atoms with Crippen LogP contribution in [0.2, 0.25) is 0 Å². The predicted octanol–water partition coefficient (Wildman–Crippen LogP) is 4.89. The Morgan fingerprint density at radius 2 is 1.65 bits per heavy atom. The average Bonchev–Trinajstić information content (AvgIpc) is 2.79. The van der Waals surface area contributed by atoms with Gasteiger partial charge in [-0.1, -0.05) is 43.7 Å². The molecule has 0 saturated carbocycles. The van der Waals surface area contributed by atoms with Gasteiger partial charge in [-0.25, -0.2) is 8.42 Å². The fourth-order valence-electron chi connectivity index (χ4n) is 3.41. The second-order valence-electron chi connectivity index (χ2n) is 8.06. The number of hydrogen-bond acceptors (Lipinski definition) is 4. The molecule has 8 heteroatoms. The molecule has 178 valence electrons. The maximum Gasteiger partial charge on any atom is 0.262 e. The van der Waals surface area contributed by atoms with Crippen LogP contribution >= 0.6 is 0 Å². The van der Waals surface area contributed by atoms with E-state index >= 15 is 0 Å². The third-order valence-electron chi connectivity index (χ3n) is 5.25. The Kier molecular flexibility index (Phi) is 8.07. The van der Waals surface area contributed by atoms with Gasteiger partial charge in [0.15, 0.2) is 0 Å². The number of rotatable bonds is 9. The van der Waals surface area contributed by atoms with E-state index in [4.69, 9.17) is 0 Å². The van der Waals surface area contributed by atoms with Crippen molar-refractivity contribution in [1.29, 1.82) is 0 Å². The SMILES string of the molecule is CCCCNC(=O)c1ccccc1NC(=O)c1ccc(C)c(S(=O)(=O)Nc2cccc(C)c2)c1. The highest BCUT2D eigenvalue weighted by molar-refractivity contribution is 7.92. The molecule has 3 aromatic carbocycles. The van der Waals surface area contributed by atoms with Crippen LogP contribution in [0.1, 0.15) is 51.6 Å². The normalized spacial score (nSPS) is 11.0. The zero-order valence-corrected chi connectivity index (χ0v) is 20.3. The van der Waals surface area contributed by atoms with Crippen molar-refractivity contribution in [2.75, 3.05) is 16.6 Å². The molecule has 7 nitrogen and oxygen atoms in total. The molecule has 0 saturated heterocycles. The number of carbonyl (C=O) groups is 2. The van der Waals surface area contributed by atoms with Crippen LogP contribution in [0.4, 0.5) is 11.4 Å². The first-order valence-electron chi connectivity index (χ1n) is 11.1. The minimum absolute atomic E-state index is 0.00671. The zero-order chi connectivity index (χ0) is 24.7. The highest BCUT2D eigenvalue weighted by Crippen LogP contribution is 2.23. The van der Waals surface area contributed by atoms with Crippen molar-refractivity contribution in [1.82, 2.24) is 5.32 Å². The lowest BCUT2D eigenvalue weighted by Crippen LogP contribution is -2.26. The first-order chi connectivity index (χ1) is 16.2. The minimum Gasteiger partial charge on any atom is -0.352 e. The van der Waals surface area contributed by atoms with Crippen LogP contribution in [0.5, 0.6) is 0 Å². The fraction of sp³-hybridized carbons (Fsp3) is 0.231. The minimum atomic E-state index is -3.92. The molecule has 0 aliphatic heterocycles. The molecule has 0 aromatic heterocycles. The number of para-hydroxylation sites is 1. The summed E-state index contributed by atoms with van der Waals surface area (Å²) in [6, 6.07) is 18.2. The summed E-state index contributed by atoms with van der Waals surface area (Å²) in [4.78, 5) is 25.5. The maximum atomic E-state index is 13.0. The van der Waals surface area contributed by atoms with E-state index in [9.17, 15) is 18.0 Å². The third-order valence-corrected chi connectivity index (χ3v) is 6.77. The number of benzene rings is 3. The second-order valence-corrected chi connectivity index (χ2v) is 9.72. The van der Waals surface area contributed by atoms with Crippen molar-refractivity contribution in [3.05, 3.63) is 89.0 Å². The van der Waals surface area contributed by atoms with E-state index in [1.165, 1.54) is 6.07 Å². The van der Waals surface area contributed by atoms with Gasteiger partial charge < -0.3 is 10.6 Å². The van der Waals surface area contributed by atoms with Gasteiger partial charge in [0.2, 0.25) is 0 Å². The average molecular weight is 480 g/mol. The highest BCUT2D eigenvalue weighted by Gasteiger charge is 2.20. The summed E-state index contributed by atoms with van der Waals surface area (Å²) in [6.07, 6.45) is 1.81. The van der Waals surface area contributed by atoms with E-state index in [0.29, 0.717) is 29.0 Å². The molecule has 0 heterocycles. The molecule has 2 amide bonds. The van der Waals surface area contributed by atoms with Gasteiger partial charge in [0.25, 0.3) is 21.8 Å². The summed E-state index contributed by atoms with van der Waals surface area (Å²) in [5.41, 5.74) is 2.72. The molecule has 3 rings (SSSR count). The molecule has 0 atom stereocenters. The standard InChI is InChI=1S/C26H29N3O4S/c1-4-5-15-27-26(31)22-11-6-7-12-23(22)28-25(30)20-14-13-19(3)24(17-20)34(32,33)29-21-10-8-9-18(2)16-21/h6-14,16-17,29H,4-5,15H2,1-3H3,(H,27,31)(H,28,30). The van der Waals surface area contributed by atoms with Gasteiger partial charge in [0.05, 0.1) is 16.1 Å². The molecule has 0 spiro atoms. The number of unbranched alkanes of at least 4 members (excludes halogenated alkanes) is 1. The molecular weight excluding hydrogens is 450 g/mol. The Labute approximate surface area is 200 Å². The molecule has 0 fully saturated rings. The van der Waals surface area contributed by atoms with Crippen LogP contribution < -0.4 is 15.4 Å². The van der Waals surface area contributed by atoms with Crippen molar-refractivity contribution < 1.29 is 18.0 Å². The largest absolute Gasteiger partial charge is 0.352 e. The first-order valence-corrected chi connectivity index (χ1v) is 12.6. The van der Waals surface area contributed by atoms with Crippen molar-refractivity contribution >= 4 is 33.2 Å². The molecular formula is C26H29N3O4S. The topological polar surface area (TPSA) is 104 Å². The Hall–Kier alpha value is -3.65. The Balaban J connectivity index is 1.84. The summed E-state index contributed by atoms with van der Waals surface area (Å²) in [5, 5.41) is 5.58. The molecule has 0 aliphatic carbocycles. The lowest BCUT2D eigenvalue weighted by atomic mass is 10.1. The van der Waals surface area contributed by atoms with Gasteiger partial charge in [-0.3, -0.25) is 14.3 Å². The van der Waals surface area contributed by atoms with E-state index < -0.39 is 15.9 Å². The molecule has 34 heavy (non-hydrogen) atoms. The quantitative estimate of drug-likeness (QED) is 0.380. The smallest absolute Gasteiger partial charge is 0.262 e. The van der Waals surface area contributed by atoms with E-state index in [0.717, 1.165) is 18.4 Å². The van der Waals surface area contributed by atoms with Crippen LogP contribution in [0.25, 0.3) is 0 Å². The van der Waals surface area contributed by atoms with Crippen LogP contribution in [-0.2, 0) is 10.0 Å². The van der Waals surface area contributed by atoms with Crippen LogP contribution in [0, 0.1) is 13.8 Å². The van der Waals surface area contributed by atoms with Crippen molar-refractivity contribution in [2.24, 2.45) is 0 Å². The van der Waals surface area contributed by atoms with E-state index in [-0.39, 0.29) is 16.4 Å². The van der Waals surface area contributed by atoms with Crippen LogP contribution in [-0.4, -0.2) is 26.8 Å². The van der Waals surface area contributed by atoms with Crippen molar-refractivity contribution in [3.63, 3.8) is 0 Å². The number of aryl methyl sites for hydroxylation is 2. The first kappa shape index (κ1) is 25.0. The number of amides is 2. The molecule has 0 unspecified atom stereocenters. The molecule has 0 radical (unpaired) electrons. The number of sulfonamides is 1. The van der Waals surface area contributed by atoms with Gasteiger partial charge >= 0.3 is 0 Å². The van der Waals surface area contributed by atoms with Crippen LogP contribution in [0.3, 0.4) is 0 Å². The van der Waals surface area contributed by atoms with Gasteiger partial charge in [0, 0.05) is 17.8 Å². The van der Waals surface area contributed by atoms with Gasteiger partial charge in [-0.15, -0.1) is 0 Å². The molecule has 0 bridgehead atoms. The Morgan fingerprint density at radius 3 is 2.38 bits per heavy atom. The van der Waals surface area contributed by atoms with Gasteiger partial charge in [-0.05, 0) is 67.8 Å². The number of anilines is 2. The lowest BCUT2D eigenvalue weighted by Gasteiger charge is -2.14. The van der Waals surface area contributed by atoms with E-state index in [2.05, 4.69) is 15.4 Å².